The van der Waals surface area contributed by atoms with Crippen LogP contribution in [0.25, 0.3) is 21.7 Å². The number of ether oxygens (including phenoxy) is 2. The van der Waals surface area contributed by atoms with Crippen LogP contribution in [0, 0.1) is 5.82 Å². The van der Waals surface area contributed by atoms with E-state index >= 15 is 0 Å². The van der Waals surface area contributed by atoms with Crippen molar-refractivity contribution in [1.82, 2.24) is 25.0 Å². The van der Waals surface area contributed by atoms with Crippen molar-refractivity contribution < 1.29 is 23.5 Å². The van der Waals surface area contributed by atoms with Crippen LogP contribution in [-0.4, -0.2) is 50.1 Å². The first-order chi connectivity index (χ1) is 20.2. The van der Waals surface area contributed by atoms with Gasteiger partial charge in [-0.15, -0.1) is 5.10 Å². The molecule has 0 spiro atoms. The lowest BCUT2D eigenvalue weighted by Crippen LogP contribution is -2.27. The molecule has 2 N–H and O–H groups in total. The van der Waals surface area contributed by atoms with Crippen molar-refractivity contribution in [3.63, 3.8) is 0 Å². The molecule has 2 aromatic carbocycles. The molecule has 0 amide bonds. The summed E-state index contributed by atoms with van der Waals surface area (Å²) in [5.74, 6) is -1.68. The van der Waals surface area contributed by atoms with Crippen LogP contribution >= 0.6 is 0 Å². The Morgan fingerprint density at radius 2 is 1.52 bits per heavy atom. The fraction of sp³-hybridized carbons (Fsp3) is 0.214. The number of nitrogens with zero attached hydrogens (tertiary/aromatic N) is 3. The van der Waals surface area contributed by atoms with Crippen LogP contribution in [0.1, 0.15) is 40.3 Å². The van der Waals surface area contributed by atoms with Crippen LogP contribution in [0.4, 0.5) is 4.39 Å². The van der Waals surface area contributed by atoms with Crippen molar-refractivity contribution >= 4 is 33.6 Å². The van der Waals surface area contributed by atoms with Gasteiger partial charge in [0.15, 0.2) is 5.69 Å². The van der Waals surface area contributed by atoms with E-state index in [4.69, 9.17) is 9.47 Å². The number of esters is 2. The van der Waals surface area contributed by atoms with E-state index in [9.17, 15) is 33.2 Å². The standard InChI is InChI=1S/C18H12FN3O4.C10H12N2O4/c19-10-3-1-9(2-4-10)6-8-22-17(25)12-13(18(22)26)16(24)14-11(15(12)23)5-7-20-21-14;1-3-15-9(13)7-5-6-11-12-8(7)10(14)16-4-2/h1-5,7,20-21H,6,8H2;5-6H,3-4H2,1-2H3. The van der Waals surface area contributed by atoms with Gasteiger partial charge in [-0.1, -0.05) is 12.1 Å². The topological polar surface area (TPSA) is 183 Å². The van der Waals surface area contributed by atoms with Crippen LogP contribution in [0.15, 0.2) is 68.0 Å². The Morgan fingerprint density at radius 3 is 2.19 bits per heavy atom. The number of fused-ring (bicyclic) bond motifs is 2. The number of benzene rings is 2. The fourth-order valence-corrected chi connectivity index (χ4v) is 4.17. The van der Waals surface area contributed by atoms with Crippen molar-refractivity contribution in [2.24, 2.45) is 0 Å². The molecule has 216 valence electrons. The van der Waals surface area contributed by atoms with Crippen molar-refractivity contribution in [2.75, 3.05) is 13.2 Å². The Hall–Kier alpha value is -5.53. The number of aromatic amines is 2. The van der Waals surface area contributed by atoms with Gasteiger partial charge in [-0.25, -0.2) is 14.0 Å². The number of aryl methyl sites for hydroxylation is 1. The molecular formula is C28H24FN5O8. The highest BCUT2D eigenvalue weighted by molar-refractivity contribution is 6.01. The normalized spacial score (nSPS) is 10.7. The van der Waals surface area contributed by atoms with Gasteiger partial charge in [0.05, 0.1) is 30.4 Å². The molecule has 3 heterocycles. The predicted molar refractivity (Wildman–Crippen MR) is 148 cm³/mol. The van der Waals surface area contributed by atoms with Gasteiger partial charge < -0.3 is 14.6 Å². The second kappa shape index (κ2) is 12.8. The van der Waals surface area contributed by atoms with Crippen LogP contribution in [0.3, 0.4) is 0 Å². The molecule has 0 radical (unpaired) electrons. The van der Waals surface area contributed by atoms with Gasteiger partial charge in [-0.3, -0.25) is 28.8 Å². The SMILES string of the molecule is CCOC(=O)c1ccnnc1C(=O)OCC.O=c1c2cc[nH][nH]c2c(=O)c2c(=O)n(CCc3ccc(F)cc3)c(=O)c12. The minimum Gasteiger partial charge on any atom is -0.462 e. The molecule has 0 atom stereocenters. The number of halogens is 1. The number of carbonyl (C=O) groups is 2. The third-order valence-electron chi connectivity index (χ3n) is 6.12. The van der Waals surface area contributed by atoms with Crippen LogP contribution in [-0.2, 0) is 22.4 Å². The molecule has 0 fully saturated rings. The molecule has 0 aliphatic rings. The third-order valence-corrected chi connectivity index (χ3v) is 6.12. The van der Waals surface area contributed by atoms with E-state index in [2.05, 4.69) is 20.4 Å². The van der Waals surface area contributed by atoms with Crippen molar-refractivity contribution in [2.45, 2.75) is 26.8 Å². The van der Waals surface area contributed by atoms with Gasteiger partial charge in [0.1, 0.15) is 22.1 Å². The first kappa shape index (κ1) is 29.5. The zero-order chi connectivity index (χ0) is 30.4. The molecule has 0 unspecified atom stereocenters. The summed E-state index contributed by atoms with van der Waals surface area (Å²) in [4.78, 5) is 73.2. The largest absolute Gasteiger partial charge is 0.462 e. The predicted octanol–water partition coefficient (Wildman–Crippen LogP) is 1.54. The summed E-state index contributed by atoms with van der Waals surface area (Å²) in [5, 5.41) is 11.5. The fourth-order valence-electron chi connectivity index (χ4n) is 4.17. The molecule has 0 aliphatic heterocycles. The molecule has 5 aromatic rings. The van der Waals surface area contributed by atoms with E-state index in [1.54, 1.807) is 26.0 Å². The monoisotopic (exact) mass is 577 g/mol. The molecule has 0 bridgehead atoms. The van der Waals surface area contributed by atoms with E-state index in [-0.39, 0.29) is 59.5 Å². The van der Waals surface area contributed by atoms with Crippen molar-refractivity contribution in [1.29, 1.82) is 0 Å². The van der Waals surface area contributed by atoms with E-state index in [1.165, 1.54) is 36.7 Å². The average Bonchev–Trinajstić information content (AvgIpc) is 3.25. The minimum absolute atomic E-state index is 0.0109. The number of nitrogens with one attached hydrogen (secondary N) is 2. The quantitative estimate of drug-likeness (QED) is 0.269. The highest BCUT2D eigenvalue weighted by Gasteiger charge is 2.22. The Kier molecular flexibility index (Phi) is 8.95. The third kappa shape index (κ3) is 5.82. The average molecular weight is 578 g/mol. The highest BCUT2D eigenvalue weighted by Crippen LogP contribution is 2.09. The van der Waals surface area contributed by atoms with Gasteiger partial charge >= 0.3 is 11.9 Å². The first-order valence-electron chi connectivity index (χ1n) is 12.7. The second-order valence-electron chi connectivity index (χ2n) is 8.67. The maximum Gasteiger partial charge on any atom is 0.359 e. The summed E-state index contributed by atoms with van der Waals surface area (Å²) in [6.07, 6.45) is 3.02. The lowest BCUT2D eigenvalue weighted by molar-refractivity contribution is 0.0472. The van der Waals surface area contributed by atoms with Crippen molar-refractivity contribution in [3.05, 3.63) is 113 Å². The van der Waals surface area contributed by atoms with Crippen LogP contribution in [0.5, 0.6) is 0 Å². The molecular weight excluding hydrogens is 553 g/mol. The summed E-state index contributed by atoms with van der Waals surface area (Å²) in [7, 11) is 0. The molecule has 14 heteroatoms. The Bertz CT molecular complexity index is 1880. The summed E-state index contributed by atoms with van der Waals surface area (Å²) in [6, 6.07) is 8.41. The maximum absolute atomic E-state index is 13.0. The van der Waals surface area contributed by atoms with E-state index in [0.29, 0.717) is 0 Å². The van der Waals surface area contributed by atoms with E-state index < -0.39 is 39.3 Å². The van der Waals surface area contributed by atoms with Gasteiger partial charge in [0.25, 0.3) is 11.1 Å². The lowest BCUT2D eigenvalue weighted by atomic mass is 10.1. The Morgan fingerprint density at radius 1 is 0.881 bits per heavy atom. The van der Waals surface area contributed by atoms with Crippen LogP contribution in [0.2, 0.25) is 0 Å². The molecule has 5 rings (SSSR count). The number of H-pyrrole nitrogens is 2. The molecule has 0 saturated carbocycles. The number of carbonyl (C=O) groups excluding carboxylic acids is 2. The van der Waals surface area contributed by atoms with E-state index in [1.807, 2.05) is 0 Å². The number of rotatable bonds is 7. The zero-order valence-electron chi connectivity index (χ0n) is 22.4. The smallest absolute Gasteiger partial charge is 0.359 e. The highest BCUT2D eigenvalue weighted by atomic mass is 19.1. The molecule has 3 aromatic heterocycles. The lowest BCUT2D eigenvalue weighted by Gasteiger charge is -2.05. The molecule has 0 aliphatic carbocycles. The summed E-state index contributed by atoms with van der Waals surface area (Å²) < 4.78 is 23.4. The molecule has 0 saturated heterocycles. The number of aromatic nitrogens is 5. The Labute approximate surface area is 234 Å². The summed E-state index contributed by atoms with van der Waals surface area (Å²) in [5.41, 5.74) is -2.27. The summed E-state index contributed by atoms with van der Waals surface area (Å²) >= 11 is 0. The minimum atomic E-state index is -0.784. The molecule has 13 nitrogen and oxygen atoms in total. The number of hydrogen-bond acceptors (Lipinski definition) is 10. The van der Waals surface area contributed by atoms with Gasteiger partial charge in [0.2, 0.25) is 10.9 Å². The maximum atomic E-state index is 13.0. The van der Waals surface area contributed by atoms with Gasteiger partial charge in [-0.2, -0.15) is 5.10 Å². The van der Waals surface area contributed by atoms with E-state index in [0.717, 1.165) is 10.1 Å². The molecule has 42 heavy (non-hydrogen) atoms. The summed E-state index contributed by atoms with van der Waals surface area (Å²) in [6.45, 7) is 3.76. The van der Waals surface area contributed by atoms with Crippen LogP contribution < -0.4 is 22.0 Å². The van der Waals surface area contributed by atoms with Gasteiger partial charge in [0, 0.05) is 12.7 Å². The second-order valence-corrected chi connectivity index (χ2v) is 8.67. The zero-order valence-corrected chi connectivity index (χ0v) is 22.4. The van der Waals surface area contributed by atoms with Crippen molar-refractivity contribution in [3.8, 4) is 0 Å². The van der Waals surface area contributed by atoms with Gasteiger partial charge in [-0.05, 0) is 50.1 Å². The number of hydrogen-bond donors (Lipinski definition) is 2. The first-order valence-corrected chi connectivity index (χ1v) is 12.7. The Balaban J connectivity index is 0.000000219.